The Labute approximate surface area is 311 Å². The van der Waals surface area contributed by atoms with Crippen molar-refractivity contribution in [2.45, 2.75) is 19.3 Å². The van der Waals surface area contributed by atoms with Gasteiger partial charge in [0.2, 0.25) is 0 Å². The molecule has 0 aliphatic rings. The van der Waals surface area contributed by atoms with Gasteiger partial charge in [0, 0.05) is 229 Å². The van der Waals surface area contributed by atoms with Crippen LogP contribution in [-0.4, -0.2) is 0 Å². The normalized spacial score (nSPS) is 6.91. The van der Waals surface area contributed by atoms with Crippen LogP contribution in [0.5, 0.6) is 0 Å². The third-order valence-corrected chi connectivity index (χ3v) is 2.51. The number of rotatable bonds is 4. The molecule has 22 heavy (non-hydrogen) atoms. The van der Waals surface area contributed by atoms with Crippen LogP contribution < -0.4 is 0 Å². The quantitative estimate of drug-likeness (QED) is 0.416. The van der Waals surface area contributed by atoms with Crippen molar-refractivity contribution >= 4 is 0 Å². The summed E-state index contributed by atoms with van der Waals surface area (Å²) < 4.78 is 0. The molecular formula is C15H14Y7-2. The molecule has 0 heterocycles. The van der Waals surface area contributed by atoms with Gasteiger partial charge in [-0.05, 0) is 6.42 Å². The third-order valence-electron chi connectivity index (χ3n) is 2.51. The first-order valence-electron chi connectivity index (χ1n) is 5.35. The molecule has 97 valence electrons. The van der Waals surface area contributed by atoms with Gasteiger partial charge in [-0.1, -0.05) is 12.8 Å². The summed E-state index contributed by atoms with van der Waals surface area (Å²) in [7, 11) is 0. The average molecular weight is 817 g/mol. The van der Waals surface area contributed by atoms with E-state index < -0.39 is 0 Å². The van der Waals surface area contributed by atoms with Crippen LogP contribution in [0.2, 0.25) is 0 Å². The third kappa shape index (κ3) is 20.9. The molecule has 0 amide bonds. The Balaban J connectivity index is -0.0000000914. The number of hydrogen-bond acceptors (Lipinski definition) is 0. The maximum Gasteiger partial charge on any atom is 0 e. The van der Waals surface area contributed by atoms with E-state index in [2.05, 4.69) is 36.4 Å². The van der Waals surface area contributed by atoms with E-state index in [1.165, 1.54) is 17.5 Å². The minimum absolute atomic E-state index is 0. The van der Waals surface area contributed by atoms with Gasteiger partial charge in [0.1, 0.15) is 0 Å². The van der Waals surface area contributed by atoms with Crippen LogP contribution in [0.15, 0.2) is 48.5 Å². The Kier molecular flexibility index (Phi) is 56.5. The second-order valence-corrected chi connectivity index (χ2v) is 3.67. The minimum Gasteiger partial charge on any atom is -0.184 e. The van der Waals surface area contributed by atoms with Gasteiger partial charge in [-0.15, -0.1) is 0 Å². The van der Waals surface area contributed by atoms with Gasteiger partial charge in [-0.2, -0.15) is 71.8 Å². The summed E-state index contributed by atoms with van der Waals surface area (Å²) in [5.74, 6) is 0. The second-order valence-electron chi connectivity index (χ2n) is 3.67. The molecule has 0 spiro atoms. The Hall–Kier alpha value is 6.17. The summed E-state index contributed by atoms with van der Waals surface area (Å²) in [6.07, 6.45) is 3.49. The number of hydrogen-bond donors (Lipinski definition) is 0. The molecule has 2 rings (SSSR count). The molecule has 0 saturated carbocycles. The first-order chi connectivity index (χ1) is 7.45. The predicted molar refractivity (Wildman–Crippen MR) is 62.6 cm³/mol. The zero-order valence-corrected chi connectivity index (χ0v) is 32.6. The molecule has 0 fully saturated rings. The van der Waals surface area contributed by atoms with Crippen LogP contribution >= 0.6 is 0 Å². The fourth-order valence-corrected chi connectivity index (χ4v) is 1.67. The van der Waals surface area contributed by atoms with Crippen LogP contribution in [0.25, 0.3) is 0 Å². The summed E-state index contributed by atoms with van der Waals surface area (Å²) in [6.45, 7) is 0. The molecule has 0 atom stereocenters. The van der Waals surface area contributed by atoms with E-state index in [-0.39, 0.29) is 229 Å². The van der Waals surface area contributed by atoms with Crippen molar-refractivity contribution < 1.29 is 229 Å². The summed E-state index contributed by atoms with van der Waals surface area (Å²) >= 11 is 0. The van der Waals surface area contributed by atoms with Gasteiger partial charge in [0.05, 0.1) is 0 Å². The monoisotopic (exact) mass is 816 g/mol. The van der Waals surface area contributed by atoms with E-state index in [0.717, 1.165) is 12.8 Å². The maximum absolute atomic E-state index is 3.04. The van der Waals surface area contributed by atoms with Crippen LogP contribution in [0, 0.1) is 12.1 Å². The van der Waals surface area contributed by atoms with Gasteiger partial charge >= 0.3 is 0 Å². The first kappa shape index (κ1) is 42.3. The topological polar surface area (TPSA) is 0 Å². The summed E-state index contributed by atoms with van der Waals surface area (Å²) in [5, 5.41) is 0. The van der Waals surface area contributed by atoms with Crippen LogP contribution in [0.4, 0.5) is 0 Å². The van der Waals surface area contributed by atoms with E-state index in [1.807, 2.05) is 24.3 Å². The van der Waals surface area contributed by atoms with Crippen LogP contribution in [0.1, 0.15) is 17.5 Å². The number of benzene rings is 2. The molecule has 0 aromatic heterocycles. The molecule has 0 aliphatic heterocycles. The van der Waals surface area contributed by atoms with Crippen molar-refractivity contribution in [3.05, 3.63) is 71.8 Å². The molecule has 0 aliphatic carbocycles. The van der Waals surface area contributed by atoms with E-state index in [1.54, 1.807) is 0 Å². The standard InChI is InChI=1S/C15H14.7Y/c1-3-8-14(9-4-1)12-7-13-15-10-5-2-6-11-15;;;;;;;/h3-6,8-11H,7,12-13H2;;;;;;;/q-2;;;;;;;. The largest absolute Gasteiger partial charge is 0.184 e. The van der Waals surface area contributed by atoms with E-state index >= 15 is 0 Å². The summed E-state index contributed by atoms with van der Waals surface area (Å²) in [6, 6.07) is 22.5. The Morgan fingerprint density at radius 2 is 0.773 bits per heavy atom. The van der Waals surface area contributed by atoms with Crippen molar-refractivity contribution in [1.82, 2.24) is 0 Å². The fourth-order valence-electron chi connectivity index (χ4n) is 1.67. The number of aryl methyl sites for hydroxylation is 2. The zero-order chi connectivity index (χ0) is 10.3. The van der Waals surface area contributed by atoms with E-state index in [4.69, 9.17) is 0 Å². The Morgan fingerprint density at radius 1 is 0.500 bits per heavy atom. The average Bonchev–Trinajstić information content (AvgIpc) is 2.32. The molecule has 2 aromatic rings. The molecule has 0 bridgehead atoms. The molecule has 2 aromatic carbocycles. The second kappa shape index (κ2) is 29.4. The summed E-state index contributed by atoms with van der Waals surface area (Å²) in [5.41, 5.74) is 2.80. The fraction of sp³-hybridized carbons (Fsp3) is 0.200. The van der Waals surface area contributed by atoms with Crippen LogP contribution in [0.3, 0.4) is 0 Å². The van der Waals surface area contributed by atoms with Crippen molar-refractivity contribution in [2.75, 3.05) is 0 Å². The van der Waals surface area contributed by atoms with Gasteiger partial charge in [0.25, 0.3) is 0 Å². The zero-order valence-electron chi connectivity index (χ0n) is 12.8. The Bertz CT molecular complexity index is 356. The van der Waals surface area contributed by atoms with E-state index in [0.29, 0.717) is 0 Å². The Morgan fingerprint density at radius 3 is 1.05 bits per heavy atom. The van der Waals surface area contributed by atoms with E-state index in [9.17, 15) is 0 Å². The predicted octanol–water partition coefficient (Wildman–Crippen LogP) is 3.44. The molecule has 0 unspecified atom stereocenters. The van der Waals surface area contributed by atoms with Crippen LogP contribution in [-0.2, 0) is 242 Å². The van der Waals surface area contributed by atoms with Gasteiger partial charge in [-0.25, -0.2) is 0 Å². The van der Waals surface area contributed by atoms with Gasteiger partial charge in [-0.3, -0.25) is 0 Å². The molecule has 0 nitrogen and oxygen atoms in total. The minimum atomic E-state index is 0. The SMILES string of the molecule is [Y].[Y].[Y].[Y].[Y].[Y].[Y].[c-]1ccc(CCCc2cc[c-]cc2)cc1. The summed E-state index contributed by atoms with van der Waals surface area (Å²) in [4.78, 5) is 0. The van der Waals surface area contributed by atoms with Crippen molar-refractivity contribution in [3.8, 4) is 0 Å². The smallest absolute Gasteiger partial charge is 0 e. The van der Waals surface area contributed by atoms with Gasteiger partial charge < -0.3 is 0 Å². The molecule has 0 N–H and O–H groups in total. The first-order valence-corrected chi connectivity index (χ1v) is 5.35. The van der Waals surface area contributed by atoms with Crippen molar-refractivity contribution in [3.63, 3.8) is 0 Å². The maximum atomic E-state index is 3.04. The van der Waals surface area contributed by atoms with Crippen molar-refractivity contribution in [1.29, 1.82) is 0 Å². The molecule has 7 radical (unpaired) electrons. The molecule has 7 heteroatoms. The van der Waals surface area contributed by atoms with Crippen molar-refractivity contribution in [2.24, 2.45) is 0 Å². The van der Waals surface area contributed by atoms with Gasteiger partial charge in [0.15, 0.2) is 0 Å². The molecular weight excluding hydrogens is 803 g/mol. The molecule has 0 saturated heterocycles.